The lowest BCUT2D eigenvalue weighted by atomic mass is 9.98. The third-order valence-electron chi connectivity index (χ3n) is 6.24. The van der Waals surface area contributed by atoms with Crippen LogP contribution in [0.2, 0.25) is 0 Å². The molecule has 1 amide bonds. The molecule has 1 saturated heterocycles. The van der Waals surface area contributed by atoms with Gasteiger partial charge in [-0.15, -0.1) is 0 Å². The molecule has 0 aliphatic carbocycles. The molecule has 2 aliphatic rings. The van der Waals surface area contributed by atoms with Crippen molar-refractivity contribution in [2.45, 2.75) is 52.0 Å². The van der Waals surface area contributed by atoms with Gasteiger partial charge in [-0.3, -0.25) is 9.59 Å². The van der Waals surface area contributed by atoms with Crippen LogP contribution in [0, 0.1) is 25.2 Å². The van der Waals surface area contributed by atoms with Crippen molar-refractivity contribution in [2.75, 3.05) is 19.8 Å². The maximum Gasteiger partial charge on any atom is 0.266 e. The first kappa shape index (κ1) is 21.0. The predicted octanol–water partition coefficient (Wildman–Crippen LogP) is 3.32. The summed E-state index contributed by atoms with van der Waals surface area (Å²) in [5.74, 6) is 1.59. The second kappa shape index (κ2) is 8.84. The number of hydrogen-bond donors (Lipinski definition) is 1. The minimum absolute atomic E-state index is 0.0251. The summed E-state index contributed by atoms with van der Waals surface area (Å²) in [6.45, 7) is 5.59. The predicted molar refractivity (Wildman–Crippen MR) is 115 cm³/mol. The molecule has 4 rings (SSSR count). The van der Waals surface area contributed by atoms with E-state index in [1.165, 1.54) is 0 Å². The summed E-state index contributed by atoms with van der Waals surface area (Å²) in [6.07, 6.45) is 3.56. The second-order valence-electron chi connectivity index (χ2n) is 8.17. The van der Waals surface area contributed by atoms with Crippen LogP contribution in [0.25, 0.3) is 0 Å². The number of hydrogen-bond acceptors (Lipinski definition) is 5. The number of rotatable bonds is 4. The standard InChI is InChI=1S/C24H27N3O4/c1-15-18(16(2)26-24(29)19(15)14-25)7-9-23(28)27-10-3-5-20(27)17-6-8-21-22(13-17)31-12-4-11-30-21/h6,8,13,20H,3-5,7,9-12H2,1-2H3,(H,26,29)/t20-/m1/s1. The Balaban J connectivity index is 1.50. The van der Waals surface area contributed by atoms with Gasteiger partial charge >= 0.3 is 0 Å². The number of pyridine rings is 1. The molecule has 2 aromatic rings. The number of aryl methyl sites for hydroxylation is 1. The lowest BCUT2D eigenvalue weighted by Gasteiger charge is -2.26. The highest BCUT2D eigenvalue weighted by molar-refractivity contribution is 5.77. The topological polar surface area (TPSA) is 95.4 Å². The fourth-order valence-electron chi connectivity index (χ4n) is 4.59. The molecule has 0 radical (unpaired) electrons. The summed E-state index contributed by atoms with van der Waals surface area (Å²) in [4.78, 5) is 29.7. The molecule has 1 fully saturated rings. The maximum atomic E-state index is 13.1. The van der Waals surface area contributed by atoms with E-state index in [9.17, 15) is 14.9 Å². The Morgan fingerprint density at radius 3 is 2.77 bits per heavy atom. The Labute approximate surface area is 181 Å². The van der Waals surface area contributed by atoms with Crippen molar-refractivity contribution in [1.82, 2.24) is 9.88 Å². The first-order chi connectivity index (χ1) is 15.0. The largest absolute Gasteiger partial charge is 0.490 e. The number of nitrogens with zero attached hydrogens (tertiary/aromatic N) is 2. The molecule has 0 unspecified atom stereocenters. The zero-order valence-corrected chi connectivity index (χ0v) is 18.0. The quantitative estimate of drug-likeness (QED) is 0.817. The highest BCUT2D eigenvalue weighted by Crippen LogP contribution is 2.38. The molecule has 1 aromatic heterocycles. The van der Waals surface area contributed by atoms with Crippen molar-refractivity contribution in [3.05, 3.63) is 56.5 Å². The molecule has 0 spiro atoms. The number of carbonyl (C=O) groups excluding carboxylic acids is 1. The number of amides is 1. The van der Waals surface area contributed by atoms with Crippen LogP contribution in [0.15, 0.2) is 23.0 Å². The van der Waals surface area contributed by atoms with Crippen molar-refractivity contribution in [2.24, 2.45) is 0 Å². The SMILES string of the molecule is Cc1[nH]c(=O)c(C#N)c(C)c1CCC(=O)N1CCC[C@@H]1c1ccc2c(c1)OCCCO2. The van der Waals surface area contributed by atoms with Crippen molar-refractivity contribution in [3.63, 3.8) is 0 Å². The smallest absolute Gasteiger partial charge is 0.266 e. The number of likely N-dealkylation sites (tertiary alicyclic amines) is 1. The summed E-state index contributed by atoms with van der Waals surface area (Å²) in [5.41, 5.74) is 3.07. The van der Waals surface area contributed by atoms with E-state index in [1.54, 1.807) is 6.92 Å². The molecule has 162 valence electrons. The molecule has 7 nitrogen and oxygen atoms in total. The van der Waals surface area contributed by atoms with Gasteiger partial charge in [0.25, 0.3) is 5.56 Å². The molecule has 31 heavy (non-hydrogen) atoms. The Morgan fingerprint density at radius 2 is 2.00 bits per heavy atom. The Morgan fingerprint density at radius 1 is 1.23 bits per heavy atom. The van der Waals surface area contributed by atoms with E-state index in [0.29, 0.717) is 31.6 Å². The third kappa shape index (κ3) is 4.15. The molecular formula is C24H27N3O4. The fraction of sp³-hybridized carbons (Fsp3) is 0.458. The first-order valence-corrected chi connectivity index (χ1v) is 10.8. The van der Waals surface area contributed by atoms with E-state index in [2.05, 4.69) is 4.98 Å². The van der Waals surface area contributed by atoms with Crippen LogP contribution in [0.4, 0.5) is 0 Å². The van der Waals surface area contributed by atoms with E-state index in [-0.39, 0.29) is 23.1 Å². The molecular weight excluding hydrogens is 394 g/mol. The number of H-pyrrole nitrogens is 1. The highest BCUT2D eigenvalue weighted by atomic mass is 16.5. The minimum atomic E-state index is -0.374. The fourth-order valence-corrected chi connectivity index (χ4v) is 4.59. The number of benzene rings is 1. The number of aromatic amines is 1. The number of nitrogens with one attached hydrogen (secondary N) is 1. The molecule has 1 N–H and O–H groups in total. The van der Waals surface area contributed by atoms with E-state index >= 15 is 0 Å². The molecule has 0 bridgehead atoms. The van der Waals surface area contributed by atoms with Crippen LogP contribution >= 0.6 is 0 Å². The van der Waals surface area contributed by atoms with Crippen molar-refractivity contribution in [1.29, 1.82) is 5.26 Å². The third-order valence-corrected chi connectivity index (χ3v) is 6.24. The van der Waals surface area contributed by atoms with Gasteiger partial charge in [0, 0.05) is 25.1 Å². The van der Waals surface area contributed by atoms with E-state index in [0.717, 1.165) is 54.1 Å². The van der Waals surface area contributed by atoms with Crippen molar-refractivity contribution in [3.8, 4) is 17.6 Å². The summed E-state index contributed by atoms with van der Waals surface area (Å²) in [5, 5.41) is 9.26. The van der Waals surface area contributed by atoms with Gasteiger partial charge in [-0.1, -0.05) is 6.07 Å². The number of fused-ring (bicyclic) bond motifs is 1. The first-order valence-electron chi connectivity index (χ1n) is 10.8. The molecule has 3 heterocycles. The molecule has 2 aliphatic heterocycles. The minimum Gasteiger partial charge on any atom is -0.490 e. The van der Waals surface area contributed by atoms with Gasteiger partial charge < -0.3 is 19.4 Å². The number of aromatic nitrogens is 1. The molecule has 1 aromatic carbocycles. The molecule has 7 heteroatoms. The Kier molecular flexibility index (Phi) is 5.99. The summed E-state index contributed by atoms with van der Waals surface area (Å²) >= 11 is 0. The molecule has 1 atom stereocenters. The average Bonchev–Trinajstić information content (AvgIpc) is 3.12. The lowest BCUT2D eigenvalue weighted by Crippen LogP contribution is -2.31. The lowest BCUT2D eigenvalue weighted by molar-refractivity contribution is -0.132. The van der Waals surface area contributed by atoms with Gasteiger partial charge in [0.1, 0.15) is 11.6 Å². The summed E-state index contributed by atoms with van der Waals surface area (Å²) in [6, 6.07) is 7.97. The van der Waals surface area contributed by atoms with Gasteiger partial charge in [0.15, 0.2) is 11.5 Å². The maximum absolute atomic E-state index is 13.1. The number of nitriles is 1. The van der Waals surface area contributed by atoms with Crippen molar-refractivity contribution < 1.29 is 14.3 Å². The zero-order valence-electron chi connectivity index (χ0n) is 18.0. The van der Waals surface area contributed by atoms with E-state index < -0.39 is 0 Å². The van der Waals surface area contributed by atoms with Crippen LogP contribution in [0.5, 0.6) is 11.5 Å². The van der Waals surface area contributed by atoms with E-state index in [1.807, 2.05) is 36.1 Å². The monoisotopic (exact) mass is 421 g/mol. The average molecular weight is 421 g/mol. The Bertz CT molecular complexity index is 1100. The Hall–Kier alpha value is -3.27. The highest BCUT2D eigenvalue weighted by Gasteiger charge is 2.30. The molecule has 0 saturated carbocycles. The van der Waals surface area contributed by atoms with Crippen LogP contribution in [0.1, 0.15) is 59.7 Å². The van der Waals surface area contributed by atoms with E-state index in [4.69, 9.17) is 9.47 Å². The number of carbonyl (C=O) groups is 1. The van der Waals surface area contributed by atoms with Crippen LogP contribution < -0.4 is 15.0 Å². The zero-order chi connectivity index (χ0) is 22.0. The van der Waals surface area contributed by atoms with Crippen LogP contribution in [-0.4, -0.2) is 35.5 Å². The van der Waals surface area contributed by atoms with Gasteiger partial charge in [-0.25, -0.2) is 0 Å². The van der Waals surface area contributed by atoms with Gasteiger partial charge in [-0.05, 0) is 61.9 Å². The summed E-state index contributed by atoms with van der Waals surface area (Å²) in [7, 11) is 0. The van der Waals surface area contributed by atoms with Gasteiger partial charge in [0.2, 0.25) is 5.91 Å². The number of ether oxygens (including phenoxy) is 2. The van der Waals surface area contributed by atoms with Crippen molar-refractivity contribution >= 4 is 5.91 Å². The normalized spacial score (nSPS) is 17.8. The van der Waals surface area contributed by atoms with Crippen LogP contribution in [-0.2, 0) is 11.2 Å². The van der Waals surface area contributed by atoms with Crippen LogP contribution in [0.3, 0.4) is 0 Å². The second-order valence-corrected chi connectivity index (χ2v) is 8.17. The van der Waals surface area contributed by atoms with Gasteiger partial charge in [-0.2, -0.15) is 5.26 Å². The van der Waals surface area contributed by atoms with Gasteiger partial charge in [0.05, 0.1) is 19.3 Å². The summed E-state index contributed by atoms with van der Waals surface area (Å²) < 4.78 is 11.5.